The van der Waals surface area contributed by atoms with E-state index in [9.17, 15) is 0 Å². The van der Waals surface area contributed by atoms with Crippen LogP contribution in [0.15, 0.2) is 60.7 Å². The van der Waals surface area contributed by atoms with Crippen LogP contribution in [0.5, 0.6) is 17.2 Å². The second-order valence-electron chi connectivity index (χ2n) is 9.20. The number of benzene rings is 4. The molecule has 4 aromatic carbocycles. The Balaban J connectivity index is 1.93. The smallest absolute Gasteiger partial charge is 0.161 e. The van der Waals surface area contributed by atoms with E-state index in [4.69, 9.17) is 14.2 Å². The van der Waals surface area contributed by atoms with Crippen LogP contribution in [0, 0.1) is 0 Å². The van der Waals surface area contributed by atoms with Gasteiger partial charge in [0.1, 0.15) is 5.75 Å². The van der Waals surface area contributed by atoms with Gasteiger partial charge in [0.25, 0.3) is 0 Å². The fourth-order valence-corrected chi connectivity index (χ4v) is 4.34. The van der Waals surface area contributed by atoms with Crippen molar-refractivity contribution in [3.8, 4) is 17.2 Å². The summed E-state index contributed by atoms with van der Waals surface area (Å²) >= 11 is 0. The summed E-state index contributed by atoms with van der Waals surface area (Å²) in [5, 5.41) is 4.54. The summed E-state index contributed by atoms with van der Waals surface area (Å²) < 4.78 is 17.3. The normalized spacial score (nSPS) is 11.7. The molecule has 4 rings (SSSR count). The third-order valence-electron chi connectivity index (χ3n) is 6.04. The van der Waals surface area contributed by atoms with Crippen LogP contribution in [0.4, 0.5) is 0 Å². The first-order chi connectivity index (χ1) is 15.4. The standard InChI is InChI=1S/C29H32O3/c1-7-32-25-10-8-9-20-16-21(15-19-11-13-22(14-12-19)29(2,3)4)23-17-26(30-5)27(31-6)18-24(23)28(20)25/h8-14,16-18H,7,15H2,1-6H3. The SMILES string of the molecule is CCOc1cccc2cc(Cc3ccc(C(C)(C)C)cc3)c3cc(OC)c(OC)cc3c12. The van der Waals surface area contributed by atoms with Gasteiger partial charge < -0.3 is 14.2 Å². The average molecular weight is 429 g/mol. The molecule has 0 N–H and O–H groups in total. The summed E-state index contributed by atoms with van der Waals surface area (Å²) in [5.74, 6) is 2.35. The summed E-state index contributed by atoms with van der Waals surface area (Å²) in [6.45, 7) is 9.37. The lowest BCUT2D eigenvalue weighted by Gasteiger charge is -2.19. The van der Waals surface area contributed by atoms with Crippen molar-refractivity contribution in [1.29, 1.82) is 0 Å². The van der Waals surface area contributed by atoms with Crippen molar-refractivity contribution in [2.45, 2.75) is 39.5 Å². The molecule has 4 aromatic rings. The Kier molecular flexibility index (Phi) is 6.01. The minimum Gasteiger partial charge on any atom is -0.493 e. The van der Waals surface area contributed by atoms with Gasteiger partial charge in [-0.15, -0.1) is 0 Å². The zero-order valence-electron chi connectivity index (χ0n) is 19.9. The van der Waals surface area contributed by atoms with Crippen LogP contribution in [0.3, 0.4) is 0 Å². The van der Waals surface area contributed by atoms with Crippen LogP contribution >= 0.6 is 0 Å². The Labute approximate surface area is 190 Å². The summed E-state index contributed by atoms with van der Waals surface area (Å²) in [6.07, 6.45) is 0.839. The molecule has 0 bridgehead atoms. The molecule has 0 aliphatic rings. The Bertz CT molecular complexity index is 1250. The minimum atomic E-state index is 0.147. The maximum atomic E-state index is 5.99. The maximum Gasteiger partial charge on any atom is 0.161 e. The number of methoxy groups -OCH3 is 2. The van der Waals surface area contributed by atoms with E-state index in [1.54, 1.807) is 14.2 Å². The fourth-order valence-electron chi connectivity index (χ4n) is 4.34. The molecular weight excluding hydrogens is 396 g/mol. The highest BCUT2D eigenvalue weighted by Gasteiger charge is 2.17. The van der Waals surface area contributed by atoms with E-state index in [2.05, 4.69) is 75.4 Å². The van der Waals surface area contributed by atoms with Gasteiger partial charge in [-0.25, -0.2) is 0 Å². The van der Waals surface area contributed by atoms with Crippen LogP contribution in [0.2, 0.25) is 0 Å². The highest BCUT2D eigenvalue weighted by Crippen LogP contribution is 2.41. The van der Waals surface area contributed by atoms with E-state index in [-0.39, 0.29) is 5.41 Å². The van der Waals surface area contributed by atoms with Crippen molar-refractivity contribution >= 4 is 21.5 Å². The molecule has 0 radical (unpaired) electrons. The van der Waals surface area contributed by atoms with Crippen LogP contribution in [-0.4, -0.2) is 20.8 Å². The largest absolute Gasteiger partial charge is 0.493 e. The highest BCUT2D eigenvalue weighted by atomic mass is 16.5. The van der Waals surface area contributed by atoms with Crippen LogP contribution in [0.25, 0.3) is 21.5 Å². The van der Waals surface area contributed by atoms with Crippen molar-refractivity contribution in [1.82, 2.24) is 0 Å². The zero-order chi connectivity index (χ0) is 22.9. The second kappa shape index (κ2) is 8.74. The van der Waals surface area contributed by atoms with E-state index < -0.39 is 0 Å². The molecule has 0 heterocycles. The van der Waals surface area contributed by atoms with Gasteiger partial charge in [-0.05, 0) is 69.8 Å². The molecule has 0 saturated heterocycles. The minimum absolute atomic E-state index is 0.147. The number of hydrogen-bond donors (Lipinski definition) is 0. The first-order valence-corrected chi connectivity index (χ1v) is 11.2. The van der Waals surface area contributed by atoms with Crippen molar-refractivity contribution in [2.24, 2.45) is 0 Å². The Morgan fingerprint density at radius 3 is 2.00 bits per heavy atom. The van der Waals surface area contributed by atoms with Crippen molar-refractivity contribution in [3.63, 3.8) is 0 Å². The second-order valence-corrected chi connectivity index (χ2v) is 9.20. The van der Waals surface area contributed by atoms with Gasteiger partial charge in [0.15, 0.2) is 11.5 Å². The highest BCUT2D eigenvalue weighted by molar-refractivity contribution is 6.13. The van der Waals surface area contributed by atoms with Crippen LogP contribution in [-0.2, 0) is 11.8 Å². The maximum absolute atomic E-state index is 5.99. The Morgan fingerprint density at radius 1 is 0.750 bits per heavy atom. The molecule has 3 heteroatoms. The third kappa shape index (κ3) is 4.12. The predicted molar refractivity (Wildman–Crippen MR) is 134 cm³/mol. The summed E-state index contributed by atoms with van der Waals surface area (Å²) in [7, 11) is 3.36. The summed E-state index contributed by atoms with van der Waals surface area (Å²) in [6, 6.07) is 21.7. The summed E-state index contributed by atoms with van der Waals surface area (Å²) in [5.41, 5.74) is 4.03. The van der Waals surface area contributed by atoms with Crippen molar-refractivity contribution in [3.05, 3.63) is 77.4 Å². The molecule has 0 saturated carbocycles. The number of fused-ring (bicyclic) bond motifs is 3. The quantitative estimate of drug-likeness (QED) is 0.302. The van der Waals surface area contributed by atoms with E-state index in [0.717, 1.165) is 45.2 Å². The van der Waals surface area contributed by atoms with E-state index in [1.807, 2.05) is 13.0 Å². The van der Waals surface area contributed by atoms with Gasteiger partial charge in [0.05, 0.1) is 20.8 Å². The number of hydrogen-bond acceptors (Lipinski definition) is 3. The van der Waals surface area contributed by atoms with Gasteiger partial charge in [0.2, 0.25) is 0 Å². The third-order valence-corrected chi connectivity index (χ3v) is 6.04. The van der Waals surface area contributed by atoms with Gasteiger partial charge in [-0.1, -0.05) is 63.2 Å². The van der Waals surface area contributed by atoms with Crippen molar-refractivity contribution < 1.29 is 14.2 Å². The van der Waals surface area contributed by atoms with Gasteiger partial charge >= 0.3 is 0 Å². The van der Waals surface area contributed by atoms with Crippen LogP contribution < -0.4 is 14.2 Å². The number of rotatable bonds is 6. The lowest BCUT2D eigenvalue weighted by molar-refractivity contribution is 0.344. The molecule has 0 amide bonds. The average Bonchev–Trinajstić information content (AvgIpc) is 2.78. The van der Waals surface area contributed by atoms with E-state index >= 15 is 0 Å². The predicted octanol–water partition coefficient (Wildman–Crippen LogP) is 7.30. The van der Waals surface area contributed by atoms with Crippen molar-refractivity contribution in [2.75, 3.05) is 20.8 Å². The summed E-state index contributed by atoms with van der Waals surface area (Å²) in [4.78, 5) is 0. The molecule has 0 fully saturated rings. The Hall–Kier alpha value is -3.20. The molecule has 0 aromatic heterocycles. The lowest BCUT2D eigenvalue weighted by atomic mass is 9.86. The monoisotopic (exact) mass is 428 g/mol. The molecule has 32 heavy (non-hydrogen) atoms. The zero-order valence-corrected chi connectivity index (χ0v) is 19.9. The van der Waals surface area contributed by atoms with Gasteiger partial charge in [-0.3, -0.25) is 0 Å². The molecule has 0 aliphatic carbocycles. The lowest BCUT2D eigenvalue weighted by Crippen LogP contribution is -2.10. The van der Waals surface area contributed by atoms with Crippen LogP contribution in [0.1, 0.15) is 44.4 Å². The molecular formula is C29H32O3. The Morgan fingerprint density at radius 2 is 1.41 bits per heavy atom. The fraction of sp³-hybridized carbons (Fsp3) is 0.310. The van der Waals surface area contributed by atoms with E-state index in [1.165, 1.54) is 16.7 Å². The van der Waals surface area contributed by atoms with E-state index in [0.29, 0.717) is 6.61 Å². The number of ether oxygens (including phenoxy) is 3. The molecule has 0 atom stereocenters. The topological polar surface area (TPSA) is 27.7 Å². The molecule has 166 valence electrons. The molecule has 0 aliphatic heterocycles. The first-order valence-electron chi connectivity index (χ1n) is 11.2. The van der Waals surface area contributed by atoms with Gasteiger partial charge in [-0.2, -0.15) is 0 Å². The van der Waals surface area contributed by atoms with Gasteiger partial charge in [0, 0.05) is 5.39 Å². The first kappa shape index (κ1) is 22.0. The molecule has 0 unspecified atom stereocenters. The molecule has 3 nitrogen and oxygen atoms in total. The molecule has 0 spiro atoms.